The van der Waals surface area contributed by atoms with Gasteiger partial charge in [-0.3, -0.25) is 4.79 Å². The summed E-state index contributed by atoms with van der Waals surface area (Å²) >= 11 is 5.92. The smallest absolute Gasteiger partial charge is 0.336 e. The van der Waals surface area contributed by atoms with Gasteiger partial charge in [-0.1, -0.05) is 0 Å². The van der Waals surface area contributed by atoms with Gasteiger partial charge < -0.3 is 10.8 Å². The molecule has 80 valence electrons. The molecule has 0 bridgehead atoms. The molecule has 7 heteroatoms. The van der Waals surface area contributed by atoms with Crippen LogP contribution in [0.1, 0.15) is 20.7 Å². The molecule has 1 aromatic rings. The number of aromatic carboxylic acids is 1. The second-order valence-electron chi connectivity index (χ2n) is 2.58. The zero-order valence-corrected chi connectivity index (χ0v) is 13.5. The van der Waals surface area contributed by atoms with E-state index in [4.69, 9.17) is 10.8 Å². The second-order valence-corrected chi connectivity index (χ2v) is 5.82. The fourth-order valence-electron chi connectivity index (χ4n) is 0.939. The minimum atomic E-state index is -1.06. The lowest BCUT2D eigenvalue weighted by molar-refractivity contribution is 0.0695. The maximum Gasteiger partial charge on any atom is 0.336 e. The predicted molar refractivity (Wildman–Crippen MR) is 80.1 cm³/mol. The van der Waals surface area contributed by atoms with E-state index >= 15 is 0 Å². The van der Waals surface area contributed by atoms with Crippen molar-refractivity contribution in [3.8, 4) is 0 Å². The second kappa shape index (κ2) is 5.12. The topological polar surface area (TPSA) is 80.4 Å². The first-order valence-electron chi connectivity index (χ1n) is 3.56. The molecule has 0 aliphatic carbocycles. The average Bonchev–Trinajstić information content (AvgIpc) is 2.13. The number of carbonyl (C=O) groups is 2. The van der Waals surface area contributed by atoms with Gasteiger partial charge >= 0.3 is 5.97 Å². The molecule has 1 aromatic carbocycles. The fraction of sp³-hybridized carbons (Fsp3) is 0. The van der Waals surface area contributed by atoms with Crippen LogP contribution in [0.25, 0.3) is 0 Å². The highest BCUT2D eigenvalue weighted by molar-refractivity contribution is 14.1. The van der Waals surface area contributed by atoms with Crippen LogP contribution in [0.15, 0.2) is 6.07 Å². The Hall–Kier alpha value is 0.350. The van der Waals surface area contributed by atoms with Crippen molar-refractivity contribution >= 4 is 79.6 Å². The van der Waals surface area contributed by atoms with E-state index in [-0.39, 0.29) is 11.1 Å². The van der Waals surface area contributed by atoms with Crippen LogP contribution in [0.2, 0.25) is 0 Å². The first-order valence-corrected chi connectivity index (χ1v) is 6.80. The monoisotopic (exact) mass is 543 g/mol. The van der Waals surface area contributed by atoms with Gasteiger partial charge in [0.25, 0.3) is 0 Å². The van der Waals surface area contributed by atoms with Crippen LogP contribution in [0.5, 0.6) is 0 Å². The molecule has 0 atom stereocenters. The third kappa shape index (κ3) is 2.72. The Bertz CT molecular complexity index is 421. The lowest BCUT2D eigenvalue weighted by Crippen LogP contribution is -2.16. The molecule has 0 aliphatic rings. The normalized spacial score (nSPS) is 10.1. The number of nitrogens with two attached hydrogens (primary N) is 1. The van der Waals surface area contributed by atoms with Crippen molar-refractivity contribution in [2.24, 2.45) is 5.73 Å². The Labute approximate surface area is 126 Å². The first kappa shape index (κ1) is 13.4. The van der Waals surface area contributed by atoms with Crippen molar-refractivity contribution in [2.75, 3.05) is 0 Å². The number of amides is 1. The average molecular weight is 543 g/mol. The Balaban J connectivity index is 3.59. The summed E-state index contributed by atoms with van der Waals surface area (Å²) in [6, 6.07) is 1.32. The van der Waals surface area contributed by atoms with Gasteiger partial charge in [0, 0.05) is 10.7 Å². The van der Waals surface area contributed by atoms with Gasteiger partial charge in [0.05, 0.1) is 11.1 Å². The van der Waals surface area contributed by atoms with Gasteiger partial charge in [-0.15, -0.1) is 0 Å². The van der Waals surface area contributed by atoms with Gasteiger partial charge in [-0.25, -0.2) is 4.79 Å². The lowest BCUT2D eigenvalue weighted by atomic mass is 10.1. The number of hydrogen-bond donors (Lipinski definition) is 2. The summed E-state index contributed by atoms with van der Waals surface area (Å²) in [5.41, 5.74) is 5.51. The van der Waals surface area contributed by atoms with Crippen molar-refractivity contribution in [2.45, 2.75) is 0 Å². The molecule has 1 amide bonds. The summed E-state index contributed by atoms with van der Waals surface area (Å²) in [5.74, 6) is -1.67. The van der Waals surface area contributed by atoms with Crippen LogP contribution in [0.3, 0.4) is 0 Å². The quantitative estimate of drug-likeness (QED) is 0.445. The number of carbonyl (C=O) groups excluding carboxylic acids is 1. The SMILES string of the molecule is NC(=O)c1cc(C(=O)O)c(I)c(I)c1I. The van der Waals surface area contributed by atoms with E-state index in [1.807, 2.05) is 67.8 Å². The molecule has 0 unspecified atom stereocenters. The maximum absolute atomic E-state index is 11.1. The molecule has 0 fully saturated rings. The molecule has 0 radical (unpaired) electrons. The number of benzene rings is 1. The zero-order chi connectivity index (χ0) is 11.7. The molecule has 0 saturated heterocycles. The molecular weight excluding hydrogens is 539 g/mol. The molecular formula is C8H4I3NO3. The van der Waals surface area contributed by atoms with Crippen molar-refractivity contribution < 1.29 is 14.7 Å². The molecule has 3 N–H and O–H groups in total. The number of rotatable bonds is 2. The Morgan fingerprint density at radius 1 is 1.07 bits per heavy atom. The van der Waals surface area contributed by atoms with Gasteiger partial charge in [0.2, 0.25) is 5.91 Å². The number of hydrogen-bond acceptors (Lipinski definition) is 2. The van der Waals surface area contributed by atoms with E-state index < -0.39 is 11.9 Å². The summed E-state index contributed by atoms with van der Waals surface area (Å²) in [4.78, 5) is 22.0. The number of carboxylic acids is 1. The third-order valence-electron chi connectivity index (χ3n) is 1.64. The van der Waals surface area contributed by atoms with E-state index in [1.165, 1.54) is 6.07 Å². The van der Waals surface area contributed by atoms with Crippen molar-refractivity contribution in [3.05, 3.63) is 27.9 Å². The minimum absolute atomic E-state index is 0.106. The van der Waals surface area contributed by atoms with E-state index in [0.29, 0.717) is 7.14 Å². The summed E-state index contributed by atoms with van der Waals surface area (Å²) in [6.07, 6.45) is 0. The first-order chi connectivity index (χ1) is 6.86. The number of halogens is 3. The zero-order valence-electron chi connectivity index (χ0n) is 7.05. The van der Waals surface area contributed by atoms with Crippen LogP contribution in [-0.4, -0.2) is 17.0 Å². The maximum atomic E-state index is 11.1. The third-order valence-corrected chi connectivity index (χ3v) is 7.03. The molecule has 15 heavy (non-hydrogen) atoms. The molecule has 0 aromatic heterocycles. The van der Waals surface area contributed by atoms with Crippen molar-refractivity contribution in [1.82, 2.24) is 0 Å². The largest absolute Gasteiger partial charge is 0.478 e. The van der Waals surface area contributed by atoms with Gasteiger partial charge in [-0.2, -0.15) is 0 Å². The van der Waals surface area contributed by atoms with E-state index in [9.17, 15) is 9.59 Å². The number of carboxylic acid groups (broad SMARTS) is 1. The van der Waals surface area contributed by atoms with E-state index in [0.717, 1.165) is 3.57 Å². The Morgan fingerprint density at radius 3 is 1.93 bits per heavy atom. The van der Waals surface area contributed by atoms with Crippen LogP contribution in [0, 0.1) is 10.7 Å². The summed E-state index contributed by atoms with van der Waals surface area (Å²) in [5, 5.41) is 8.92. The van der Waals surface area contributed by atoms with Crippen LogP contribution >= 0.6 is 67.8 Å². The molecule has 0 spiro atoms. The fourth-order valence-corrected chi connectivity index (χ4v) is 3.38. The highest BCUT2D eigenvalue weighted by atomic mass is 127. The van der Waals surface area contributed by atoms with E-state index in [1.54, 1.807) is 0 Å². The minimum Gasteiger partial charge on any atom is -0.478 e. The summed E-state index contributed by atoms with van der Waals surface area (Å²) in [6.45, 7) is 0. The van der Waals surface area contributed by atoms with Gasteiger partial charge in [0.15, 0.2) is 0 Å². The summed E-state index contributed by atoms with van der Waals surface area (Å²) < 4.78 is 2.05. The molecule has 0 aliphatic heterocycles. The number of primary amides is 1. The predicted octanol–water partition coefficient (Wildman–Crippen LogP) is 2.30. The molecule has 0 heterocycles. The highest BCUT2D eigenvalue weighted by Crippen LogP contribution is 2.27. The molecule has 1 rings (SSSR count). The van der Waals surface area contributed by atoms with Gasteiger partial charge in [-0.05, 0) is 73.8 Å². The van der Waals surface area contributed by atoms with Gasteiger partial charge in [0.1, 0.15) is 0 Å². The van der Waals surface area contributed by atoms with Crippen LogP contribution < -0.4 is 5.73 Å². The van der Waals surface area contributed by atoms with E-state index in [2.05, 4.69) is 0 Å². The lowest BCUT2D eigenvalue weighted by Gasteiger charge is -2.08. The van der Waals surface area contributed by atoms with Crippen LogP contribution in [-0.2, 0) is 0 Å². The Kier molecular flexibility index (Phi) is 4.58. The summed E-state index contributed by atoms with van der Waals surface area (Å²) in [7, 11) is 0. The highest BCUT2D eigenvalue weighted by Gasteiger charge is 2.19. The van der Waals surface area contributed by atoms with Crippen LogP contribution in [0.4, 0.5) is 0 Å². The molecule has 4 nitrogen and oxygen atoms in total. The van der Waals surface area contributed by atoms with Crippen molar-refractivity contribution in [1.29, 1.82) is 0 Å². The van der Waals surface area contributed by atoms with Crippen molar-refractivity contribution in [3.63, 3.8) is 0 Å². The standard InChI is InChI=1S/C8H4I3NO3/c9-4-2(7(12)13)1-3(8(14)15)5(10)6(4)11/h1H,(H2,12,13)(H,14,15). The Morgan fingerprint density at radius 2 is 1.53 bits per heavy atom. The molecule has 0 saturated carbocycles.